The lowest BCUT2D eigenvalue weighted by atomic mass is 10.0. The molecule has 0 unspecified atom stereocenters. The van der Waals surface area contributed by atoms with E-state index in [1.165, 1.54) is 0 Å². The van der Waals surface area contributed by atoms with Crippen molar-refractivity contribution in [3.05, 3.63) is 36.6 Å². The first-order valence-electron chi connectivity index (χ1n) is 6.31. The average Bonchev–Trinajstić information content (AvgIpc) is 3.01. The average molecular weight is 497 g/mol. The van der Waals surface area contributed by atoms with Crippen LogP contribution in [0, 0.1) is 17.0 Å². The van der Waals surface area contributed by atoms with Crippen molar-refractivity contribution in [2.24, 2.45) is 4.99 Å². The standard InChI is InChI=1S/C11H5Br2F2N5S.C2H4O2/c12-3-4(13)6(15)2-1(5(3)14)7(19-9(2)16)8-10(17)20-11(18)21-8;1-2(3)4/h16H,17H2,(H2,18,20);1H3,(H,3,4). The number of nitrogens with two attached hydrogens (primary N) is 2. The molecule has 0 bridgehead atoms. The third-order valence-electron chi connectivity index (χ3n) is 2.85. The number of carboxylic acid groups (broad SMARTS) is 1. The van der Waals surface area contributed by atoms with Crippen LogP contribution in [0.5, 0.6) is 0 Å². The summed E-state index contributed by atoms with van der Waals surface area (Å²) in [5.41, 5.74) is 11.0. The Morgan fingerprint density at radius 1 is 1.20 bits per heavy atom. The second-order valence-electron chi connectivity index (χ2n) is 4.60. The van der Waals surface area contributed by atoms with Gasteiger partial charge in [0.25, 0.3) is 5.97 Å². The third-order valence-corrected chi connectivity index (χ3v) is 5.78. The van der Waals surface area contributed by atoms with Crippen LogP contribution >= 0.6 is 43.2 Å². The van der Waals surface area contributed by atoms with E-state index in [1.54, 1.807) is 0 Å². The molecule has 1 aromatic heterocycles. The number of carboxylic acids is 1. The molecule has 1 aromatic carbocycles. The number of nitrogens with zero attached hydrogens (tertiary/aromatic N) is 2. The largest absolute Gasteiger partial charge is 0.481 e. The number of rotatable bonds is 1. The van der Waals surface area contributed by atoms with Gasteiger partial charge in [-0.15, -0.1) is 0 Å². The van der Waals surface area contributed by atoms with E-state index >= 15 is 0 Å². The minimum Gasteiger partial charge on any atom is -0.481 e. The summed E-state index contributed by atoms with van der Waals surface area (Å²) in [6.45, 7) is 1.08. The van der Waals surface area contributed by atoms with Crippen molar-refractivity contribution in [3.63, 3.8) is 0 Å². The Hall–Kier alpha value is -1.92. The van der Waals surface area contributed by atoms with Gasteiger partial charge in [0, 0.05) is 6.92 Å². The van der Waals surface area contributed by atoms with Gasteiger partial charge in [-0.05, 0) is 31.9 Å². The molecule has 0 saturated carbocycles. The number of carbonyl (C=O) groups is 1. The minimum atomic E-state index is -0.833. The highest BCUT2D eigenvalue weighted by Crippen LogP contribution is 2.39. The molecule has 3 rings (SSSR count). The van der Waals surface area contributed by atoms with Crippen LogP contribution in [-0.4, -0.2) is 27.6 Å². The van der Waals surface area contributed by atoms with Gasteiger partial charge in [0.05, 0.1) is 30.7 Å². The van der Waals surface area contributed by atoms with Crippen LogP contribution in [0.1, 0.15) is 22.9 Å². The van der Waals surface area contributed by atoms with E-state index in [1.807, 2.05) is 0 Å². The van der Waals surface area contributed by atoms with E-state index < -0.39 is 17.6 Å². The van der Waals surface area contributed by atoms with E-state index in [0.29, 0.717) is 4.88 Å². The van der Waals surface area contributed by atoms with Crippen molar-refractivity contribution in [2.75, 3.05) is 11.5 Å². The lowest BCUT2D eigenvalue weighted by molar-refractivity contribution is -0.134. The van der Waals surface area contributed by atoms with Gasteiger partial charge < -0.3 is 16.6 Å². The summed E-state index contributed by atoms with van der Waals surface area (Å²) in [6.07, 6.45) is 0. The molecule has 132 valence electrons. The molecule has 0 fully saturated rings. The third kappa shape index (κ3) is 3.55. The molecule has 0 amide bonds. The minimum absolute atomic E-state index is 0.0614. The molecule has 0 atom stereocenters. The summed E-state index contributed by atoms with van der Waals surface area (Å²) < 4.78 is 28.6. The summed E-state index contributed by atoms with van der Waals surface area (Å²) in [5, 5.41) is 15.4. The number of hydrogen-bond donors (Lipinski definition) is 4. The molecule has 25 heavy (non-hydrogen) atoms. The highest BCUT2D eigenvalue weighted by molar-refractivity contribution is 9.13. The predicted octanol–water partition coefficient (Wildman–Crippen LogP) is 3.38. The van der Waals surface area contributed by atoms with E-state index in [9.17, 15) is 8.78 Å². The van der Waals surface area contributed by atoms with Crippen LogP contribution in [-0.2, 0) is 4.79 Å². The van der Waals surface area contributed by atoms with Crippen LogP contribution in [0.2, 0.25) is 0 Å². The van der Waals surface area contributed by atoms with Crippen molar-refractivity contribution in [2.45, 2.75) is 6.92 Å². The summed E-state index contributed by atoms with van der Waals surface area (Å²) in [4.78, 5) is 17.1. The highest BCUT2D eigenvalue weighted by Gasteiger charge is 2.34. The van der Waals surface area contributed by atoms with Gasteiger partial charge in [-0.1, -0.05) is 11.3 Å². The van der Waals surface area contributed by atoms with Gasteiger partial charge in [-0.25, -0.2) is 18.8 Å². The Kier molecular flexibility index (Phi) is 5.54. The number of halogens is 4. The number of nitrogens with one attached hydrogen (secondary N) is 1. The Balaban J connectivity index is 0.000000511. The monoisotopic (exact) mass is 495 g/mol. The Morgan fingerprint density at radius 3 is 2.12 bits per heavy atom. The van der Waals surface area contributed by atoms with Crippen LogP contribution in [0.4, 0.5) is 19.7 Å². The van der Waals surface area contributed by atoms with E-state index in [-0.39, 0.29) is 42.6 Å². The summed E-state index contributed by atoms with van der Waals surface area (Å²) in [7, 11) is 0. The Labute approximate surface area is 160 Å². The van der Waals surface area contributed by atoms with Crippen LogP contribution in [0.3, 0.4) is 0 Å². The second kappa shape index (κ2) is 7.14. The number of aliphatic imine (C=N–C) groups is 1. The molecule has 1 aliphatic heterocycles. The lowest BCUT2D eigenvalue weighted by Gasteiger charge is -2.09. The van der Waals surface area contributed by atoms with Gasteiger partial charge >= 0.3 is 0 Å². The Bertz CT molecular complexity index is 941. The summed E-state index contributed by atoms with van der Waals surface area (Å²) >= 11 is 6.91. The molecule has 7 nitrogen and oxygen atoms in total. The zero-order valence-electron chi connectivity index (χ0n) is 12.3. The fraction of sp³-hybridized carbons (Fsp3) is 0.0769. The van der Waals surface area contributed by atoms with Crippen LogP contribution < -0.4 is 11.5 Å². The maximum Gasteiger partial charge on any atom is 0.300 e. The molecule has 0 saturated heterocycles. The number of thiazole rings is 1. The van der Waals surface area contributed by atoms with E-state index in [0.717, 1.165) is 18.3 Å². The number of hydrogen-bond acceptors (Lipinski definition) is 6. The van der Waals surface area contributed by atoms with Crippen LogP contribution in [0.15, 0.2) is 13.9 Å². The Morgan fingerprint density at radius 2 is 1.68 bits per heavy atom. The smallest absolute Gasteiger partial charge is 0.300 e. The fourth-order valence-electron chi connectivity index (χ4n) is 1.98. The first kappa shape index (κ1) is 19.4. The van der Waals surface area contributed by atoms with Crippen molar-refractivity contribution in [1.29, 1.82) is 5.41 Å². The summed E-state index contributed by atoms with van der Waals surface area (Å²) in [6, 6.07) is 0. The van der Waals surface area contributed by atoms with Gasteiger partial charge in [0.2, 0.25) is 0 Å². The van der Waals surface area contributed by atoms with Crippen molar-refractivity contribution < 1.29 is 18.7 Å². The number of aliphatic carboxylic acids is 1. The summed E-state index contributed by atoms with van der Waals surface area (Å²) in [5.74, 6) is -2.64. The van der Waals surface area contributed by atoms with Crippen LogP contribution in [0.25, 0.3) is 0 Å². The van der Waals surface area contributed by atoms with Gasteiger partial charge in [-0.3, -0.25) is 10.2 Å². The first-order valence-corrected chi connectivity index (χ1v) is 8.72. The number of benzene rings is 1. The predicted molar refractivity (Wildman–Crippen MR) is 98.5 cm³/mol. The van der Waals surface area contributed by atoms with E-state index in [2.05, 4.69) is 41.8 Å². The SMILES string of the molecule is CC(=O)O.N=C1N=C(c2sc(N)nc2N)c2c(F)c(Br)c(Br)c(F)c21. The second-order valence-corrected chi connectivity index (χ2v) is 7.22. The number of fused-ring (bicyclic) bond motifs is 1. The van der Waals surface area contributed by atoms with Crippen molar-refractivity contribution in [1.82, 2.24) is 4.98 Å². The molecule has 0 spiro atoms. The molecule has 0 aliphatic carbocycles. The van der Waals surface area contributed by atoms with E-state index in [4.69, 9.17) is 26.8 Å². The number of amidine groups is 1. The maximum absolute atomic E-state index is 14.5. The normalized spacial score (nSPS) is 12.4. The fourth-order valence-corrected chi connectivity index (χ4v) is 3.48. The quantitative estimate of drug-likeness (QED) is 0.354. The van der Waals surface area contributed by atoms with Crippen molar-refractivity contribution >= 4 is 71.7 Å². The maximum atomic E-state index is 14.5. The highest BCUT2D eigenvalue weighted by atomic mass is 79.9. The number of anilines is 2. The molecule has 6 N–H and O–H groups in total. The number of nitrogen functional groups attached to an aromatic ring is 2. The molecule has 12 heteroatoms. The molecule has 2 heterocycles. The molecule has 1 aliphatic rings. The van der Waals surface area contributed by atoms with Gasteiger partial charge in [-0.2, -0.15) is 0 Å². The molecule has 2 aromatic rings. The van der Waals surface area contributed by atoms with Crippen molar-refractivity contribution in [3.8, 4) is 0 Å². The first-order chi connectivity index (χ1) is 11.6. The zero-order chi connectivity index (χ0) is 19.0. The van der Waals surface area contributed by atoms with Gasteiger partial charge in [0.1, 0.15) is 17.5 Å². The van der Waals surface area contributed by atoms with Gasteiger partial charge in [0.15, 0.2) is 11.0 Å². The molecular weight excluding hydrogens is 488 g/mol. The lowest BCUT2D eigenvalue weighted by Crippen LogP contribution is -2.08. The molecular formula is C13H9Br2F2N5O2S. The molecule has 0 radical (unpaired) electrons. The number of aromatic nitrogens is 1. The topological polar surface area (TPSA) is 138 Å². The zero-order valence-corrected chi connectivity index (χ0v) is 16.3.